The lowest BCUT2D eigenvalue weighted by atomic mass is 9.92. The van der Waals surface area contributed by atoms with Crippen molar-refractivity contribution >= 4 is 11.6 Å². The van der Waals surface area contributed by atoms with Crippen molar-refractivity contribution in [3.8, 4) is 0 Å². The first-order chi connectivity index (χ1) is 15.6. The summed E-state index contributed by atoms with van der Waals surface area (Å²) in [5, 5.41) is 17.1. The molecule has 0 aliphatic carbocycles. The first-order valence-electron chi connectivity index (χ1n) is 11.6. The van der Waals surface area contributed by atoms with Gasteiger partial charge in [0.1, 0.15) is 11.6 Å². The number of nitrogens with one attached hydrogen (secondary N) is 2. The molecule has 33 heavy (non-hydrogen) atoms. The zero-order valence-electron chi connectivity index (χ0n) is 19.9. The Morgan fingerprint density at radius 3 is 2.45 bits per heavy atom. The molecule has 7 heteroatoms. The van der Waals surface area contributed by atoms with Crippen molar-refractivity contribution in [3.63, 3.8) is 0 Å². The Morgan fingerprint density at radius 1 is 1.12 bits per heavy atom. The number of amides is 1. The summed E-state index contributed by atoms with van der Waals surface area (Å²) in [5.41, 5.74) is 4.05. The van der Waals surface area contributed by atoms with Crippen LogP contribution in [-0.2, 0) is 17.6 Å². The van der Waals surface area contributed by atoms with E-state index < -0.39 is 23.8 Å². The Bertz CT molecular complexity index is 946. The largest absolute Gasteiger partial charge is 0.390 e. The van der Waals surface area contributed by atoms with E-state index in [1.807, 2.05) is 0 Å². The number of carbonyl (C=O) groups is 1. The van der Waals surface area contributed by atoms with Crippen LogP contribution in [0, 0.1) is 17.6 Å². The highest BCUT2D eigenvalue weighted by molar-refractivity contribution is 5.73. The number of nitrogens with zero attached hydrogens (tertiary/aromatic N) is 1. The van der Waals surface area contributed by atoms with Crippen LogP contribution in [0.15, 0.2) is 36.4 Å². The second-order valence-electron chi connectivity index (χ2n) is 9.52. The minimum atomic E-state index is -0.929. The molecule has 3 N–H and O–H groups in total. The number of halogens is 2. The van der Waals surface area contributed by atoms with Crippen molar-refractivity contribution in [2.24, 2.45) is 5.92 Å². The topological polar surface area (TPSA) is 64.6 Å². The molecule has 2 aromatic rings. The number of rotatable bonds is 9. The minimum Gasteiger partial charge on any atom is -0.390 e. The molecule has 0 spiro atoms. The van der Waals surface area contributed by atoms with Crippen LogP contribution in [0.2, 0.25) is 0 Å². The van der Waals surface area contributed by atoms with Gasteiger partial charge in [-0.3, -0.25) is 4.79 Å². The minimum absolute atomic E-state index is 0.0718. The molecule has 0 aromatic heterocycles. The first kappa shape index (κ1) is 25.1. The number of fused-ring (bicyclic) bond motifs is 1. The van der Waals surface area contributed by atoms with Crippen molar-refractivity contribution in [1.29, 1.82) is 0 Å². The number of aliphatic hydroxyl groups excluding tert-OH is 1. The lowest BCUT2D eigenvalue weighted by Gasteiger charge is -2.35. The molecule has 0 saturated carbocycles. The van der Waals surface area contributed by atoms with Gasteiger partial charge in [-0.1, -0.05) is 26.0 Å². The standard InChI is InChI=1S/C26H35F2N3O2/c1-16(2)9-18-5-6-25-22(12-18)23(7-8-31(25)4)29-15-26(33)24(30-17(3)32)13-19-10-20(27)14-21(28)11-19/h5-6,10-12,14,16,23-24,26,29,33H,7-9,13,15H2,1-4H3,(H,30,32). The third kappa shape index (κ3) is 6.98. The van der Waals surface area contributed by atoms with E-state index in [0.29, 0.717) is 11.5 Å². The molecule has 0 saturated heterocycles. The van der Waals surface area contributed by atoms with Crippen LogP contribution < -0.4 is 15.5 Å². The predicted octanol–water partition coefficient (Wildman–Crippen LogP) is 3.74. The van der Waals surface area contributed by atoms with Crippen molar-refractivity contribution in [2.45, 2.75) is 58.2 Å². The van der Waals surface area contributed by atoms with Gasteiger partial charge in [-0.05, 0) is 60.1 Å². The van der Waals surface area contributed by atoms with E-state index in [-0.39, 0.29) is 24.9 Å². The summed E-state index contributed by atoms with van der Waals surface area (Å²) >= 11 is 0. The molecule has 3 atom stereocenters. The lowest BCUT2D eigenvalue weighted by molar-refractivity contribution is -0.120. The van der Waals surface area contributed by atoms with Gasteiger partial charge in [0.25, 0.3) is 0 Å². The maximum Gasteiger partial charge on any atom is 0.217 e. The Labute approximate surface area is 195 Å². The number of carbonyl (C=O) groups excluding carboxylic acids is 1. The zero-order valence-corrected chi connectivity index (χ0v) is 19.9. The van der Waals surface area contributed by atoms with E-state index in [9.17, 15) is 18.7 Å². The summed E-state index contributed by atoms with van der Waals surface area (Å²) in [6.45, 7) is 6.89. The van der Waals surface area contributed by atoms with Crippen LogP contribution in [0.1, 0.15) is 49.9 Å². The number of hydrogen-bond acceptors (Lipinski definition) is 4. The maximum atomic E-state index is 13.6. The molecule has 1 heterocycles. The van der Waals surface area contributed by atoms with Crippen molar-refractivity contribution in [3.05, 3.63) is 64.7 Å². The summed E-state index contributed by atoms with van der Waals surface area (Å²) in [7, 11) is 2.08. The summed E-state index contributed by atoms with van der Waals surface area (Å²) in [6, 6.07) is 9.24. The third-order valence-corrected chi connectivity index (χ3v) is 6.08. The number of anilines is 1. The Hall–Kier alpha value is -2.51. The smallest absolute Gasteiger partial charge is 0.217 e. The Morgan fingerprint density at radius 2 is 1.82 bits per heavy atom. The van der Waals surface area contributed by atoms with Gasteiger partial charge in [0.15, 0.2) is 0 Å². The SMILES string of the molecule is CC(=O)NC(Cc1cc(F)cc(F)c1)C(O)CNC1CCN(C)c2ccc(CC(C)C)cc21. The highest BCUT2D eigenvalue weighted by atomic mass is 19.1. The zero-order chi connectivity index (χ0) is 24.1. The summed E-state index contributed by atoms with van der Waals surface area (Å²) in [4.78, 5) is 14.0. The van der Waals surface area contributed by atoms with Gasteiger partial charge in [0.2, 0.25) is 5.91 Å². The quantitative estimate of drug-likeness (QED) is 0.535. The molecule has 1 aliphatic rings. The molecule has 2 aromatic carbocycles. The average molecular weight is 460 g/mol. The van der Waals surface area contributed by atoms with Crippen molar-refractivity contribution < 1.29 is 18.7 Å². The predicted molar refractivity (Wildman–Crippen MR) is 127 cm³/mol. The van der Waals surface area contributed by atoms with Crippen molar-refractivity contribution in [1.82, 2.24) is 10.6 Å². The second-order valence-corrected chi connectivity index (χ2v) is 9.52. The molecule has 180 valence electrons. The van der Waals surface area contributed by atoms with Crippen LogP contribution in [0.3, 0.4) is 0 Å². The van der Waals surface area contributed by atoms with Crippen LogP contribution in [0.25, 0.3) is 0 Å². The van der Waals surface area contributed by atoms with E-state index >= 15 is 0 Å². The van der Waals surface area contributed by atoms with E-state index in [1.54, 1.807) is 0 Å². The van der Waals surface area contributed by atoms with E-state index in [4.69, 9.17) is 0 Å². The third-order valence-electron chi connectivity index (χ3n) is 6.08. The Balaban J connectivity index is 1.72. The highest BCUT2D eigenvalue weighted by Gasteiger charge is 2.26. The molecule has 1 amide bonds. The molecule has 5 nitrogen and oxygen atoms in total. The molecular weight excluding hydrogens is 424 g/mol. The lowest BCUT2D eigenvalue weighted by Crippen LogP contribution is -2.49. The normalized spacial score (nSPS) is 17.6. The molecule has 0 bridgehead atoms. The second kappa shape index (κ2) is 11.1. The highest BCUT2D eigenvalue weighted by Crippen LogP contribution is 2.34. The van der Waals surface area contributed by atoms with Crippen LogP contribution in [0.4, 0.5) is 14.5 Å². The van der Waals surface area contributed by atoms with Gasteiger partial charge in [-0.25, -0.2) is 8.78 Å². The fourth-order valence-electron chi connectivity index (χ4n) is 4.57. The molecule has 0 radical (unpaired) electrons. The number of benzene rings is 2. The van der Waals surface area contributed by atoms with E-state index in [1.165, 1.54) is 35.9 Å². The summed E-state index contributed by atoms with van der Waals surface area (Å²) in [6.07, 6.45) is 1.09. The number of hydrogen-bond donors (Lipinski definition) is 3. The maximum absolute atomic E-state index is 13.6. The molecule has 3 unspecified atom stereocenters. The fourth-order valence-corrected chi connectivity index (χ4v) is 4.57. The first-order valence-corrected chi connectivity index (χ1v) is 11.6. The van der Waals surface area contributed by atoms with E-state index in [0.717, 1.165) is 25.5 Å². The van der Waals surface area contributed by atoms with Crippen LogP contribution in [0.5, 0.6) is 0 Å². The van der Waals surface area contributed by atoms with Gasteiger partial charge >= 0.3 is 0 Å². The van der Waals surface area contributed by atoms with Gasteiger partial charge < -0.3 is 20.6 Å². The average Bonchev–Trinajstić information content (AvgIpc) is 2.71. The van der Waals surface area contributed by atoms with Gasteiger partial charge in [0, 0.05) is 44.9 Å². The monoisotopic (exact) mass is 459 g/mol. The van der Waals surface area contributed by atoms with E-state index in [2.05, 4.69) is 54.6 Å². The number of aliphatic hydroxyl groups is 1. The fraction of sp³-hybridized carbons (Fsp3) is 0.500. The van der Waals surface area contributed by atoms with Gasteiger partial charge in [-0.15, -0.1) is 0 Å². The molecule has 0 fully saturated rings. The summed E-state index contributed by atoms with van der Waals surface area (Å²) < 4.78 is 27.2. The van der Waals surface area contributed by atoms with Gasteiger partial charge in [0.05, 0.1) is 12.1 Å². The molecule has 3 rings (SSSR count). The van der Waals surface area contributed by atoms with Gasteiger partial charge in [-0.2, -0.15) is 0 Å². The van der Waals surface area contributed by atoms with Crippen LogP contribution >= 0.6 is 0 Å². The molecule has 1 aliphatic heterocycles. The van der Waals surface area contributed by atoms with Crippen LogP contribution in [-0.4, -0.2) is 43.3 Å². The Kier molecular flexibility index (Phi) is 8.43. The summed E-state index contributed by atoms with van der Waals surface area (Å²) in [5.74, 6) is -1.11. The molecular formula is C26H35F2N3O2. The van der Waals surface area contributed by atoms with Crippen molar-refractivity contribution in [2.75, 3.05) is 25.0 Å².